The molecule has 190 valence electrons. The Hall–Kier alpha value is -3.35. The summed E-state index contributed by atoms with van der Waals surface area (Å²) in [5, 5.41) is 8.90. The van der Waals surface area contributed by atoms with Gasteiger partial charge in [0.05, 0.1) is 24.2 Å². The molecule has 2 rings (SSSR count). The smallest absolute Gasteiger partial charge is 0.335 e. The van der Waals surface area contributed by atoms with Gasteiger partial charge in [0.25, 0.3) is 0 Å². The standard InChI is InChI=1S/C28H36O7/c1-4-28(2,3)27(32)34-20-8-6-5-7-19-33-23-14-9-21(10-15-23)11-18-25(29)35-24-16-12-22(13-17-24)26(30)31/h9-10,12-17H,4-8,11,18-20H2,1-3H3,(H,30,31). The molecule has 0 saturated heterocycles. The van der Waals surface area contributed by atoms with Gasteiger partial charge < -0.3 is 19.3 Å². The lowest BCUT2D eigenvalue weighted by molar-refractivity contribution is -0.154. The molecule has 0 aromatic heterocycles. The lowest BCUT2D eigenvalue weighted by Crippen LogP contribution is -2.26. The van der Waals surface area contributed by atoms with Crippen LogP contribution in [-0.4, -0.2) is 36.2 Å². The Bertz CT molecular complexity index is 946. The van der Waals surface area contributed by atoms with Crippen LogP contribution in [0.25, 0.3) is 0 Å². The molecule has 0 atom stereocenters. The van der Waals surface area contributed by atoms with Gasteiger partial charge in [-0.25, -0.2) is 4.79 Å². The number of carbonyl (C=O) groups excluding carboxylic acids is 2. The molecule has 2 aromatic carbocycles. The number of hydrogen-bond donors (Lipinski definition) is 1. The van der Waals surface area contributed by atoms with E-state index in [0.717, 1.165) is 43.4 Å². The molecule has 35 heavy (non-hydrogen) atoms. The average molecular weight is 485 g/mol. The lowest BCUT2D eigenvalue weighted by atomic mass is 9.91. The molecule has 1 N–H and O–H groups in total. The number of hydrogen-bond acceptors (Lipinski definition) is 6. The van der Waals surface area contributed by atoms with Crippen LogP contribution in [0.2, 0.25) is 0 Å². The highest BCUT2D eigenvalue weighted by atomic mass is 16.5. The van der Waals surface area contributed by atoms with Crippen molar-refractivity contribution in [3.8, 4) is 11.5 Å². The summed E-state index contributed by atoms with van der Waals surface area (Å²) >= 11 is 0. The van der Waals surface area contributed by atoms with Gasteiger partial charge in [-0.1, -0.05) is 19.1 Å². The number of carbonyl (C=O) groups is 3. The van der Waals surface area contributed by atoms with E-state index < -0.39 is 11.4 Å². The number of ether oxygens (including phenoxy) is 3. The second-order valence-electron chi connectivity index (χ2n) is 9.08. The Labute approximate surface area is 207 Å². The van der Waals surface area contributed by atoms with Gasteiger partial charge in [0.1, 0.15) is 11.5 Å². The number of aromatic carboxylic acids is 1. The first-order valence-corrected chi connectivity index (χ1v) is 12.1. The summed E-state index contributed by atoms with van der Waals surface area (Å²) in [4.78, 5) is 34.8. The molecule has 0 amide bonds. The second-order valence-corrected chi connectivity index (χ2v) is 9.08. The summed E-state index contributed by atoms with van der Waals surface area (Å²) in [6.45, 7) is 6.88. The van der Waals surface area contributed by atoms with Crippen molar-refractivity contribution >= 4 is 17.9 Å². The summed E-state index contributed by atoms with van der Waals surface area (Å²) in [7, 11) is 0. The topological polar surface area (TPSA) is 99.1 Å². The Morgan fingerprint density at radius 2 is 1.43 bits per heavy atom. The van der Waals surface area contributed by atoms with Crippen molar-refractivity contribution in [1.29, 1.82) is 0 Å². The Balaban J connectivity index is 1.57. The highest BCUT2D eigenvalue weighted by Gasteiger charge is 2.26. The quantitative estimate of drug-likeness (QED) is 0.192. The maximum absolute atomic E-state index is 12.0. The van der Waals surface area contributed by atoms with E-state index in [1.807, 2.05) is 45.0 Å². The van der Waals surface area contributed by atoms with Crippen LogP contribution in [0.15, 0.2) is 48.5 Å². The molecule has 0 heterocycles. The zero-order valence-electron chi connectivity index (χ0n) is 20.9. The van der Waals surface area contributed by atoms with E-state index in [1.54, 1.807) is 0 Å². The van der Waals surface area contributed by atoms with Crippen LogP contribution < -0.4 is 9.47 Å². The molecule has 0 aliphatic carbocycles. The minimum absolute atomic E-state index is 0.129. The number of aryl methyl sites for hydroxylation is 1. The van der Waals surface area contributed by atoms with E-state index in [9.17, 15) is 14.4 Å². The van der Waals surface area contributed by atoms with Crippen molar-refractivity contribution in [3.05, 3.63) is 59.7 Å². The van der Waals surface area contributed by atoms with Gasteiger partial charge in [0, 0.05) is 6.42 Å². The first-order valence-electron chi connectivity index (χ1n) is 12.1. The molecule has 0 saturated carbocycles. The Kier molecular flexibility index (Phi) is 11.3. The molecule has 0 radical (unpaired) electrons. The third-order valence-corrected chi connectivity index (χ3v) is 5.85. The predicted molar refractivity (Wildman–Crippen MR) is 133 cm³/mol. The minimum atomic E-state index is -1.03. The Morgan fingerprint density at radius 1 is 0.829 bits per heavy atom. The van der Waals surface area contributed by atoms with Crippen LogP contribution in [0.3, 0.4) is 0 Å². The van der Waals surface area contributed by atoms with E-state index in [4.69, 9.17) is 19.3 Å². The number of carboxylic acids is 1. The zero-order valence-corrected chi connectivity index (χ0v) is 20.9. The van der Waals surface area contributed by atoms with Crippen LogP contribution in [0.5, 0.6) is 11.5 Å². The van der Waals surface area contributed by atoms with Crippen LogP contribution in [0.4, 0.5) is 0 Å². The van der Waals surface area contributed by atoms with Crippen LogP contribution >= 0.6 is 0 Å². The SMILES string of the molecule is CCC(C)(C)C(=O)OCCCCCCOc1ccc(CCC(=O)Oc2ccc(C(=O)O)cc2)cc1. The molecule has 0 aliphatic heterocycles. The number of unbranched alkanes of at least 4 members (excludes halogenated alkanes) is 3. The first-order chi connectivity index (χ1) is 16.7. The minimum Gasteiger partial charge on any atom is -0.494 e. The first kappa shape index (κ1) is 27.9. The third-order valence-electron chi connectivity index (χ3n) is 5.85. The third kappa shape index (κ3) is 10.2. The fourth-order valence-corrected chi connectivity index (χ4v) is 3.10. The molecule has 0 bridgehead atoms. The largest absolute Gasteiger partial charge is 0.494 e. The maximum Gasteiger partial charge on any atom is 0.335 e. The summed E-state index contributed by atoms with van der Waals surface area (Å²) in [5.41, 5.74) is 0.724. The van der Waals surface area contributed by atoms with Crippen molar-refractivity contribution in [2.45, 2.75) is 65.7 Å². The van der Waals surface area contributed by atoms with Gasteiger partial charge in [0.2, 0.25) is 0 Å². The summed E-state index contributed by atoms with van der Waals surface area (Å²) in [5.74, 6) is -0.425. The predicted octanol–water partition coefficient (Wildman–Crippen LogP) is 5.84. The second kappa shape index (κ2) is 14.1. The molecule has 0 aliphatic rings. The highest BCUT2D eigenvalue weighted by molar-refractivity contribution is 5.87. The van der Waals surface area contributed by atoms with Crippen molar-refractivity contribution < 1.29 is 33.7 Å². The number of carboxylic acid groups (broad SMARTS) is 1. The molecule has 0 fully saturated rings. The van der Waals surface area contributed by atoms with Crippen molar-refractivity contribution in [1.82, 2.24) is 0 Å². The highest BCUT2D eigenvalue weighted by Crippen LogP contribution is 2.21. The van der Waals surface area contributed by atoms with Crippen LogP contribution in [0.1, 0.15) is 75.2 Å². The summed E-state index contributed by atoms with van der Waals surface area (Å²) in [6, 6.07) is 13.4. The maximum atomic E-state index is 12.0. The number of benzene rings is 2. The van der Waals surface area contributed by atoms with E-state index in [-0.39, 0.29) is 23.9 Å². The van der Waals surface area contributed by atoms with Crippen LogP contribution in [-0.2, 0) is 20.7 Å². The van der Waals surface area contributed by atoms with Gasteiger partial charge in [0.15, 0.2) is 0 Å². The van der Waals surface area contributed by atoms with Crippen LogP contribution in [0, 0.1) is 5.41 Å². The van der Waals surface area contributed by atoms with Crippen molar-refractivity contribution in [2.75, 3.05) is 13.2 Å². The zero-order chi connectivity index (χ0) is 25.7. The van der Waals surface area contributed by atoms with E-state index in [1.165, 1.54) is 24.3 Å². The average Bonchev–Trinajstić information content (AvgIpc) is 2.85. The molecule has 7 nitrogen and oxygen atoms in total. The number of esters is 2. The van der Waals surface area contributed by atoms with Gasteiger partial charge >= 0.3 is 17.9 Å². The van der Waals surface area contributed by atoms with Gasteiger partial charge in [-0.3, -0.25) is 9.59 Å². The van der Waals surface area contributed by atoms with Crippen molar-refractivity contribution in [2.24, 2.45) is 5.41 Å². The van der Waals surface area contributed by atoms with Gasteiger partial charge in [-0.05, 0) is 94.3 Å². The number of rotatable bonds is 15. The summed E-state index contributed by atoms with van der Waals surface area (Å²) < 4.78 is 16.4. The fourth-order valence-electron chi connectivity index (χ4n) is 3.10. The molecular weight excluding hydrogens is 448 g/mol. The summed E-state index contributed by atoms with van der Waals surface area (Å²) in [6.07, 6.45) is 5.29. The molecule has 2 aromatic rings. The van der Waals surface area contributed by atoms with Gasteiger partial charge in [-0.2, -0.15) is 0 Å². The molecule has 0 unspecified atom stereocenters. The Morgan fingerprint density at radius 3 is 2.03 bits per heavy atom. The monoisotopic (exact) mass is 484 g/mol. The lowest BCUT2D eigenvalue weighted by Gasteiger charge is -2.20. The van der Waals surface area contributed by atoms with E-state index in [2.05, 4.69) is 0 Å². The van der Waals surface area contributed by atoms with Gasteiger partial charge in [-0.15, -0.1) is 0 Å². The van der Waals surface area contributed by atoms with E-state index >= 15 is 0 Å². The van der Waals surface area contributed by atoms with Crippen molar-refractivity contribution in [3.63, 3.8) is 0 Å². The molecule has 7 heteroatoms. The molecular formula is C28H36O7. The normalized spacial score (nSPS) is 11.1. The molecule has 0 spiro atoms. The fraction of sp³-hybridized carbons (Fsp3) is 0.464. The van der Waals surface area contributed by atoms with E-state index in [0.29, 0.717) is 25.4 Å².